The lowest BCUT2D eigenvalue weighted by Gasteiger charge is -2.11. The van der Waals surface area contributed by atoms with Crippen molar-refractivity contribution in [1.82, 2.24) is 14.9 Å². The fourth-order valence-electron chi connectivity index (χ4n) is 1.70. The average molecular weight is 245 g/mol. The first-order valence-corrected chi connectivity index (χ1v) is 6.06. The van der Waals surface area contributed by atoms with Crippen molar-refractivity contribution in [1.29, 1.82) is 0 Å². The van der Waals surface area contributed by atoms with Gasteiger partial charge in [0.15, 0.2) is 0 Å². The Morgan fingerprint density at radius 1 is 1.33 bits per heavy atom. The molecule has 0 saturated carbocycles. The van der Waals surface area contributed by atoms with Crippen LogP contribution in [-0.2, 0) is 13.7 Å². The van der Waals surface area contributed by atoms with E-state index in [9.17, 15) is 0 Å². The molecule has 0 radical (unpaired) electrons. The fraction of sp³-hybridized carbons (Fsp3) is 0.357. The molecule has 0 amide bonds. The summed E-state index contributed by atoms with van der Waals surface area (Å²) < 4.78 is 7.67. The van der Waals surface area contributed by atoms with Crippen LogP contribution in [-0.4, -0.2) is 16.6 Å². The predicted octanol–water partition coefficient (Wildman–Crippen LogP) is 2.28. The number of nitrogens with one attached hydrogen (secondary N) is 1. The summed E-state index contributed by atoms with van der Waals surface area (Å²) in [5, 5.41) is 3.21. The summed E-state index contributed by atoms with van der Waals surface area (Å²) in [4.78, 5) is 4.06. The van der Waals surface area contributed by atoms with Crippen molar-refractivity contribution >= 4 is 0 Å². The van der Waals surface area contributed by atoms with E-state index in [1.165, 1.54) is 5.56 Å². The molecule has 0 bridgehead atoms. The van der Waals surface area contributed by atoms with E-state index in [4.69, 9.17) is 4.74 Å². The molecule has 96 valence electrons. The van der Waals surface area contributed by atoms with Crippen LogP contribution in [0.3, 0.4) is 0 Å². The number of benzene rings is 1. The van der Waals surface area contributed by atoms with Crippen LogP contribution in [0.1, 0.15) is 24.2 Å². The number of aromatic nitrogens is 2. The largest absolute Gasteiger partial charge is 0.487 e. The molecule has 4 heteroatoms. The fourth-order valence-corrected chi connectivity index (χ4v) is 1.70. The van der Waals surface area contributed by atoms with E-state index in [1.54, 1.807) is 6.33 Å². The van der Waals surface area contributed by atoms with E-state index in [2.05, 4.69) is 29.4 Å². The third kappa shape index (κ3) is 2.90. The van der Waals surface area contributed by atoms with Crippen LogP contribution in [0.5, 0.6) is 5.75 Å². The zero-order chi connectivity index (χ0) is 13.0. The smallest absolute Gasteiger partial charge is 0.130 e. The molecule has 18 heavy (non-hydrogen) atoms. The van der Waals surface area contributed by atoms with Crippen molar-refractivity contribution in [2.75, 3.05) is 7.05 Å². The Bertz CT molecular complexity index is 490. The van der Waals surface area contributed by atoms with Gasteiger partial charge in [0.05, 0.1) is 18.2 Å². The molecule has 2 rings (SSSR count). The first kappa shape index (κ1) is 12.6. The molecule has 1 unspecified atom stereocenters. The molecule has 2 aromatic rings. The minimum Gasteiger partial charge on any atom is -0.487 e. The number of nitrogens with zero attached hydrogens (tertiary/aromatic N) is 2. The standard InChI is InChI=1S/C14H19N3O/c1-11(15-2)12-4-6-14(7-5-12)18-9-13-8-16-10-17(13)3/h4-8,10-11,15H,9H2,1-3H3. The normalized spacial score (nSPS) is 12.4. The minimum atomic E-state index is 0.358. The van der Waals surface area contributed by atoms with Gasteiger partial charge in [0.25, 0.3) is 0 Å². The molecule has 0 saturated heterocycles. The van der Waals surface area contributed by atoms with Gasteiger partial charge in [-0.25, -0.2) is 4.98 Å². The number of rotatable bonds is 5. The zero-order valence-corrected chi connectivity index (χ0v) is 11.1. The second-order valence-electron chi connectivity index (χ2n) is 4.36. The summed E-state index contributed by atoms with van der Waals surface area (Å²) in [6, 6.07) is 8.52. The molecular formula is C14H19N3O. The quantitative estimate of drug-likeness (QED) is 0.878. The second kappa shape index (κ2) is 5.69. The summed E-state index contributed by atoms with van der Waals surface area (Å²) in [7, 11) is 3.92. The highest BCUT2D eigenvalue weighted by Crippen LogP contribution is 2.18. The zero-order valence-electron chi connectivity index (χ0n) is 11.1. The van der Waals surface area contributed by atoms with Crippen molar-refractivity contribution in [3.63, 3.8) is 0 Å². The van der Waals surface area contributed by atoms with Crippen LogP contribution in [0.4, 0.5) is 0 Å². The number of imidazole rings is 1. The molecule has 0 fully saturated rings. The lowest BCUT2D eigenvalue weighted by atomic mass is 10.1. The highest BCUT2D eigenvalue weighted by atomic mass is 16.5. The maximum Gasteiger partial charge on any atom is 0.130 e. The van der Waals surface area contributed by atoms with Gasteiger partial charge in [-0.1, -0.05) is 12.1 Å². The van der Waals surface area contributed by atoms with Gasteiger partial charge in [0.1, 0.15) is 12.4 Å². The Morgan fingerprint density at radius 2 is 2.06 bits per heavy atom. The highest BCUT2D eigenvalue weighted by Gasteiger charge is 2.03. The van der Waals surface area contributed by atoms with Crippen molar-refractivity contribution in [2.45, 2.75) is 19.6 Å². The molecule has 1 N–H and O–H groups in total. The molecule has 1 heterocycles. The Balaban J connectivity index is 1.96. The lowest BCUT2D eigenvalue weighted by Crippen LogP contribution is -2.11. The van der Waals surface area contributed by atoms with E-state index in [0.717, 1.165) is 11.4 Å². The van der Waals surface area contributed by atoms with E-state index >= 15 is 0 Å². The van der Waals surface area contributed by atoms with Gasteiger partial charge >= 0.3 is 0 Å². The first-order valence-electron chi connectivity index (χ1n) is 6.06. The third-order valence-corrected chi connectivity index (χ3v) is 3.12. The Kier molecular flexibility index (Phi) is 3.99. The third-order valence-electron chi connectivity index (χ3n) is 3.12. The molecule has 0 aliphatic heterocycles. The molecule has 1 atom stereocenters. The van der Waals surface area contributed by atoms with E-state index in [-0.39, 0.29) is 0 Å². The van der Waals surface area contributed by atoms with E-state index in [1.807, 2.05) is 37.0 Å². The van der Waals surface area contributed by atoms with Gasteiger partial charge in [0, 0.05) is 13.1 Å². The topological polar surface area (TPSA) is 39.1 Å². The summed E-state index contributed by atoms with van der Waals surface area (Å²) in [6.07, 6.45) is 3.59. The molecular weight excluding hydrogens is 226 g/mol. The molecule has 0 aliphatic rings. The molecule has 1 aromatic carbocycles. The van der Waals surface area contributed by atoms with Crippen molar-refractivity contribution < 1.29 is 4.74 Å². The summed E-state index contributed by atoms with van der Waals surface area (Å²) in [5.41, 5.74) is 2.31. The van der Waals surface area contributed by atoms with Gasteiger partial charge < -0.3 is 14.6 Å². The Morgan fingerprint density at radius 3 is 2.61 bits per heavy atom. The van der Waals surface area contributed by atoms with E-state index in [0.29, 0.717) is 12.6 Å². The van der Waals surface area contributed by atoms with Crippen LogP contribution in [0.2, 0.25) is 0 Å². The molecule has 4 nitrogen and oxygen atoms in total. The highest BCUT2D eigenvalue weighted by molar-refractivity contribution is 5.29. The SMILES string of the molecule is CNC(C)c1ccc(OCc2cncn2C)cc1. The number of aryl methyl sites for hydroxylation is 1. The van der Waals surface area contributed by atoms with Crippen LogP contribution in [0.15, 0.2) is 36.8 Å². The van der Waals surface area contributed by atoms with E-state index < -0.39 is 0 Å². The van der Waals surface area contributed by atoms with Crippen molar-refractivity contribution in [2.24, 2.45) is 7.05 Å². The van der Waals surface area contributed by atoms with Gasteiger partial charge in [-0.15, -0.1) is 0 Å². The molecule has 0 aliphatic carbocycles. The van der Waals surface area contributed by atoms with Gasteiger partial charge in [-0.3, -0.25) is 0 Å². The van der Waals surface area contributed by atoms with Crippen molar-refractivity contribution in [3.05, 3.63) is 48.0 Å². The van der Waals surface area contributed by atoms with Crippen LogP contribution in [0.25, 0.3) is 0 Å². The number of hydrogen-bond acceptors (Lipinski definition) is 3. The molecule has 1 aromatic heterocycles. The van der Waals surface area contributed by atoms with Crippen molar-refractivity contribution in [3.8, 4) is 5.75 Å². The Hall–Kier alpha value is -1.81. The first-order chi connectivity index (χ1) is 8.70. The average Bonchev–Trinajstić information content (AvgIpc) is 2.81. The summed E-state index contributed by atoms with van der Waals surface area (Å²) in [6.45, 7) is 2.67. The summed E-state index contributed by atoms with van der Waals surface area (Å²) >= 11 is 0. The maximum atomic E-state index is 5.72. The minimum absolute atomic E-state index is 0.358. The second-order valence-corrected chi connectivity index (χ2v) is 4.36. The van der Waals surface area contributed by atoms with Gasteiger partial charge in [-0.05, 0) is 31.7 Å². The monoisotopic (exact) mass is 245 g/mol. The van der Waals surface area contributed by atoms with Gasteiger partial charge in [-0.2, -0.15) is 0 Å². The van der Waals surface area contributed by atoms with Gasteiger partial charge in [0.2, 0.25) is 0 Å². The maximum absolute atomic E-state index is 5.72. The van der Waals surface area contributed by atoms with Crippen LogP contribution in [0, 0.1) is 0 Å². The lowest BCUT2D eigenvalue weighted by molar-refractivity contribution is 0.297. The van der Waals surface area contributed by atoms with Crippen LogP contribution >= 0.6 is 0 Å². The Labute approximate surface area is 108 Å². The summed E-state index contributed by atoms with van der Waals surface area (Å²) in [5.74, 6) is 0.878. The van der Waals surface area contributed by atoms with Crippen LogP contribution < -0.4 is 10.1 Å². The number of ether oxygens (including phenoxy) is 1. The predicted molar refractivity (Wildman–Crippen MR) is 71.5 cm³/mol. The molecule has 0 spiro atoms. The number of hydrogen-bond donors (Lipinski definition) is 1.